The third-order valence-corrected chi connectivity index (χ3v) is 9.48. The molecule has 0 aliphatic heterocycles. The largest absolute Gasteiger partial charge is 0.424 e. The standard InChI is InChI=1S/C41H46N12O3/c1-6-10-12-32(9-4)53-27-38(47-50-53)30-17-23-35(24-18-30)56-41-43-39(54-33-19-13-28(14-20-33)36-25-51(5)48-45-36)42-40(44-41)55-34-21-15-29(16-22-34)37-26-52(49-46-37)31(8-3)11-7-2/h13-27,31-32H,6-12H2,1-5H3. The van der Waals surface area contributed by atoms with Crippen LogP contribution in [0.3, 0.4) is 0 Å². The molecule has 0 N–H and O–H groups in total. The van der Waals surface area contributed by atoms with Crippen LogP contribution in [0.1, 0.15) is 84.7 Å². The van der Waals surface area contributed by atoms with E-state index in [4.69, 9.17) is 14.2 Å². The zero-order valence-electron chi connectivity index (χ0n) is 32.4. The van der Waals surface area contributed by atoms with Gasteiger partial charge in [0.05, 0.1) is 30.7 Å². The van der Waals surface area contributed by atoms with E-state index in [0.717, 1.165) is 78.7 Å². The maximum Gasteiger partial charge on any atom is 0.331 e. The van der Waals surface area contributed by atoms with E-state index in [2.05, 4.69) is 73.6 Å². The van der Waals surface area contributed by atoms with E-state index < -0.39 is 0 Å². The Bertz CT molecular complexity index is 2300. The molecular formula is C41H46N12O3. The molecule has 288 valence electrons. The molecular weight excluding hydrogens is 709 g/mol. The topological polar surface area (TPSA) is 158 Å². The molecule has 2 atom stereocenters. The Balaban J connectivity index is 1.10. The number of aryl methyl sites for hydroxylation is 1. The third-order valence-electron chi connectivity index (χ3n) is 9.48. The molecule has 0 saturated heterocycles. The maximum absolute atomic E-state index is 6.14. The fraction of sp³-hybridized carbons (Fsp3) is 0.341. The summed E-state index contributed by atoms with van der Waals surface area (Å²) in [4.78, 5) is 13.4. The third kappa shape index (κ3) is 9.22. The molecule has 7 rings (SSSR count). The minimum atomic E-state index is -0.00942. The highest BCUT2D eigenvalue weighted by atomic mass is 16.5. The van der Waals surface area contributed by atoms with Gasteiger partial charge < -0.3 is 14.2 Å². The Labute approximate surface area is 325 Å². The lowest BCUT2D eigenvalue weighted by Gasteiger charge is -2.13. The van der Waals surface area contributed by atoms with E-state index in [1.165, 1.54) is 0 Å². The number of unbranched alkanes of at least 4 members (excludes halogenated alkanes) is 1. The van der Waals surface area contributed by atoms with Gasteiger partial charge in [-0.25, -0.2) is 9.36 Å². The first kappa shape index (κ1) is 37.8. The minimum Gasteiger partial charge on any atom is -0.424 e. The number of hydrogen-bond acceptors (Lipinski definition) is 12. The number of benzene rings is 3. The van der Waals surface area contributed by atoms with Gasteiger partial charge in [0.25, 0.3) is 0 Å². The quantitative estimate of drug-likeness (QED) is 0.0818. The van der Waals surface area contributed by atoms with Crippen molar-refractivity contribution in [3.8, 4) is 69.1 Å². The predicted octanol–water partition coefficient (Wildman–Crippen LogP) is 9.45. The summed E-state index contributed by atoms with van der Waals surface area (Å²) in [6.07, 6.45) is 13.4. The summed E-state index contributed by atoms with van der Waals surface area (Å²) in [5.74, 6) is 1.51. The van der Waals surface area contributed by atoms with Crippen molar-refractivity contribution < 1.29 is 14.2 Å². The van der Waals surface area contributed by atoms with E-state index in [-0.39, 0.29) is 18.0 Å². The van der Waals surface area contributed by atoms with Crippen LogP contribution in [0.4, 0.5) is 0 Å². The molecule has 0 aliphatic rings. The van der Waals surface area contributed by atoms with E-state index in [9.17, 15) is 0 Å². The average molecular weight is 755 g/mol. The fourth-order valence-corrected chi connectivity index (χ4v) is 6.33. The molecule has 15 heteroatoms. The van der Waals surface area contributed by atoms with Crippen molar-refractivity contribution in [3.05, 3.63) is 91.4 Å². The summed E-state index contributed by atoms with van der Waals surface area (Å²) in [5, 5.41) is 25.8. The van der Waals surface area contributed by atoms with Crippen LogP contribution in [0, 0.1) is 0 Å². The van der Waals surface area contributed by atoms with E-state index in [1.807, 2.05) is 95.7 Å². The Morgan fingerprint density at radius 1 is 0.482 bits per heavy atom. The molecule has 0 bridgehead atoms. The van der Waals surface area contributed by atoms with Gasteiger partial charge in [-0.2, -0.15) is 0 Å². The predicted molar refractivity (Wildman–Crippen MR) is 210 cm³/mol. The van der Waals surface area contributed by atoms with Gasteiger partial charge in [-0.15, -0.1) is 30.2 Å². The van der Waals surface area contributed by atoms with Crippen molar-refractivity contribution in [2.45, 2.75) is 84.7 Å². The van der Waals surface area contributed by atoms with Crippen molar-refractivity contribution in [3.63, 3.8) is 0 Å². The summed E-state index contributed by atoms with van der Waals surface area (Å²) in [5.41, 5.74) is 5.04. The molecule has 0 saturated carbocycles. The Morgan fingerprint density at radius 2 is 0.875 bits per heavy atom. The smallest absolute Gasteiger partial charge is 0.331 e. The molecule has 3 aromatic carbocycles. The maximum atomic E-state index is 6.14. The van der Waals surface area contributed by atoms with Gasteiger partial charge >= 0.3 is 18.0 Å². The molecule has 0 aliphatic carbocycles. The SMILES string of the molecule is CCCCC(CC)n1cc(-c2ccc(Oc3nc(Oc4ccc(-c5cn(C)nn5)cc4)nc(Oc4ccc(-c5cn(C(CC)CCC)nn5)cc4)n3)cc2)nn1. The Morgan fingerprint density at radius 3 is 1.23 bits per heavy atom. The number of rotatable bonds is 18. The van der Waals surface area contributed by atoms with Gasteiger partial charge in [-0.1, -0.05) is 62.6 Å². The van der Waals surface area contributed by atoms with Gasteiger partial charge in [0.15, 0.2) is 0 Å². The van der Waals surface area contributed by atoms with Crippen molar-refractivity contribution in [2.75, 3.05) is 0 Å². The number of ether oxygens (including phenoxy) is 3. The highest BCUT2D eigenvalue weighted by molar-refractivity contribution is 5.60. The number of aromatic nitrogens is 12. The molecule has 0 radical (unpaired) electrons. The molecule has 0 spiro atoms. The van der Waals surface area contributed by atoms with E-state index in [0.29, 0.717) is 29.3 Å². The van der Waals surface area contributed by atoms with Crippen molar-refractivity contribution in [1.82, 2.24) is 59.9 Å². The molecule has 0 amide bonds. The summed E-state index contributed by atoms with van der Waals surface area (Å²) in [6, 6.07) is 23.0. The highest BCUT2D eigenvalue weighted by Gasteiger charge is 2.17. The molecule has 7 aromatic rings. The molecule has 4 heterocycles. The monoisotopic (exact) mass is 754 g/mol. The van der Waals surface area contributed by atoms with E-state index >= 15 is 0 Å². The van der Waals surface area contributed by atoms with Crippen molar-refractivity contribution >= 4 is 0 Å². The minimum absolute atomic E-state index is 0.00706. The van der Waals surface area contributed by atoms with Crippen LogP contribution in [-0.2, 0) is 7.05 Å². The van der Waals surface area contributed by atoms with Gasteiger partial charge in [0.2, 0.25) is 0 Å². The molecule has 4 aromatic heterocycles. The average Bonchev–Trinajstić information content (AvgIpc) is 4.01. The lowest BCUT2D eigenvalue weighted by atomic mass is 10.1. The second-order valence-corrected chi connectivity index (χ2v) is 13.6. The fourth-order valence-electron chi connectivity index (χ4n) is 6.33. The van der Waals surface area contributed by atoms with Crippen LogP contribution in [0.5, 0.6) is 35.3 Å². The molecule has 56 heavy (non-hydrogen) atoms. The normalized spacial score (nSPS) is 12.4. The highest BCUT2D eigenvalue weighted by Crippen LogP contribution is 2.31. The van der Waals surface area contributed by atoms with Gasteiger partial charge in [-0.3, -0.25) is 4.68 Å². The second kappa shape index (κ2) is 17.8. The molecule has 15 nitrogen and oxygen atoms in total. The number of nitrogens with zero attached hydrogens (tertiary/aromatic N) is 12. The van der Waals surface area contributed by atoms with Gasteiger partial charge in [-0.05, 0) is 98.5 Å². The second-order valence-electron chi connectivity index (χ2n) is 13.6. The summed E-state index contributed by atoms with van der Waals surface area (Å²) >= 11 is 0. The Kier molecular flexibility index (Phi) is 12.0. The van der Waals surface area contributed by atoms with Crippen LogP contribution in [0.25, 0.3) is 33.8 Å². The van der Waals surface area contributed by atoms with Crippen LogP contribution < -0.4 is 14.2 Å². The zero-order chi connectivity index (χ0) is 38.9. The molecule has 2 unspecified atom stereocenters. The van der Waals surface area contributed by atoms with Gasteiger partial charge in [0, 0.05) is 23.7 Å². The first-order valence-electron chi connectivity index (χ1n) is 19.2. The van der Waals surface area contributed by atoms with Crippen molar-refractivity contribution in [1.29, 1.82) is 0 Å². The van der Waals surface area contributed by atoms with Crippen LogP contribution in [0.15, 0.2) is 91.4 Å². The first-order valence-corrected chi connectivity index (χ1v) is 19.2. The van der Waals surface area contributed by atoms with E-state index in [1.54, 1.807) is 16.8 Å². The lowest BCUT2D eigenvalue weighted by Crippen LogP contribution is -2.08. The first-order chi connectivity index (χ1) is 27.4. The van der Waals surface area contributed by atoms with Crippen LogP contribution in [0.2, 0.25) is 0 Å². The number of hydrogen-bond donors (Lipinski definition) is 0. The summed E-state index contributed by atoms with van der Waals surface area (Å²) in [6.45, 7) is 8.73. The summed E-state index contributed by atoms with van der Waals surface area (Å²) < 4.78 is 23.9. The molecule has 0 fully saturated rings. The zero-order valence-corrected chi connectivity index (χ0v) is 32.4. The van der Waals surface area contributed by atoms with Crippen molar-refractivity contribution in [2.24, 2.45) is 7.05 Å². The van der Waals surface area contributed by atoms with Gasteiger partial charge in [0.1, 0.15) is 34.3 Å². The lowest BCUT2D eigenvalue weighted by molar-refractivity contribution is 0.362. The Hall–Kier alpha value is -6.51. The summed E-state index contributed by atoms with van der Waals surface area (Å²) in [7, 11) is 1.82. The van der Waals surface area contributed by atoms with Crippen LogP contribution in [-0.4, -0.2) is 59.9 Å². The van der Waals surface area contributed by atoms with Crippen LogP contribution >= 0.6 is 0 Å².